The highest BCUT2D eigenvalue weighted by Gasteiger charge is 2.20. The van der Waals surface area contributed by atoms with Crippen molar-refractivity contribution in [3.8, 4) is 51.1 Å². The van der Waals surface area contributed by atoms with E-state index in [2.05, 4.69) is 94.5 Å². The zero-order valence-electron chi connectivity index (χ0n) is 26.6. The third kappa shape index (κ3) is 4.56. The van der Waals surface area contributed by atoms with Crippen molar-refractivity contribution in [1.82, 2.24) is 29.5 Å². The smallest absolute Gasteiger partial charge is 0.231 e. The third-order valence-electron chi connectivity index (χ3n) is 9.20. The maximum absolute atomic E-state index is 6.40. The second-order valence-electron chi connectivity index (χ2n) is 12.2. The lowest BCUT2D eigenvalue weighted by molar-refractivity contribution is 0.653. The molecular weight excluding hydrogens is 617 g/mol. The molecule has 7 nitrogen and oxygen atoms in total. The number of furan rings is 1. The lowest BCUT2D eigenvalue weighted by atomic mass is 10.0. The zero-order valence-corrected chi connectivity index (χ0v) is 26.6. The molecule has 0 spiro atoms. The van der Waals surface area contributed by atoms with Crippen LogP contribution in [0.3, 0.4) is 0 Å². The molecule has 10 aromatic rings. The van der Waals surface area contributed by atoms with Crippen molar-refractivity contribution in [1.29, 1.82) is 0 Å². The molecule has 0 radical (unpaired) electrons. The minimum Gasteiger partial charge on any atom is -0.438 e. The average Bonchev–Trinajstić information content (AvgIpc) is 3.74. The van der Waals surface area contributed by atoms with Gasteiger partial charge in [-0.3, -0.25) is 0 Å². The van der Waals surface area contributed by atoms with Crippen molar-refractivity contribution in [2.45, 2.75) is 0 Å². The summed E-state index contributed by atoms with van der Waals surface area (Å²) in [7, 11) is 0. The van der Waals surface area contributed by atoms with Crippen LogP contribution in [0.2, 0.25) is 0 Å². The number of hydrogen-bond donors (Lipinski definition) is 0. The summed E-state index contributed by atoms with van der Waals surface area (Å²) in [6.07, 6.45) is 1.51. The van der Waals surface area contributed by atoms with Crippen LogP contribution in [0.15, 0.2) is 162 Å². The number of para-hydroxylation sites is 2. The van der Waals surface area contributed by atoms with Gasteiger partial charge in [0.05, 0.1) is 16.4 Å². The van der Waals surface area contributed by atoms with E-state index in [-0.39, 0.29) is 0 Å². The molecule has 10 rings (SSSR count). The fourth-order valence-electron chi connectivity index (χ4n) is 6.88. The van der Waals surface area contributed by atoms with Crippen molar-refractivity contribution in [2.24, 2.45) is 0 Å². The van der Waals surface area contributed by atoms with Gasteiger partial charge in [0.25, 0.3) is 0 Å². The Morgan fingerprint density at radius 2 is 1.04 bits per heavy atom. The van der Waals surface area contributed by atoms with Crippen LogP contribution in [-0.4, -0.2) is 29.5 Å². The van der Waals surface area contributed by atoms with Gasteiger partial charge in [0, 0.05) is 33.0 Å². The summed E-state index contributed by atoms with van der Waals surface area (Å²) in [6, 6.07) is 51.8. The van der Waals surface area contributed by atoms with Gasteiger partial charge in [-0.1, -0.05) is 109 Å². The standard InChI is InChI=1S/C43H26N6O/c1-4-12-27(13-5-1)40-46-41(28-14-6-2-7-15-28)48-42(47-40)39-38-33-22-20-30(25-37(33)50-43(38)45-26-44-39)29-21-23-36-34(24-29)32-18-10-11-19-35(32)49(36)31-16-8-3-9-17-31/h1-26H. The van der Waals surface area contributed by atoms with Crippen LogP contribution < -0.4 is 0 Å². The molecule has 0 aliphatic carbocycles. The van der Waals surface area contributed by atoms with E-state index in [0.29, 0.717) is 34.5 Å². The minimum absolute atomic E-state index is 0.456. The van der Waals surface area contributed by atoms with E-state index in [9.17, 15) is 0 Å². The highest BCUT2D eigenvalue weighted by Crippen LogP contribution is 2.38. The van der Waals surface area contributed by atoms with E-state index in [0.717, 1.165) is 44.2 Å². The van der Waals surface area contributed by atoms with E-state index in [1.807, 2.05) is 66.7 Å². The van der Waals surface area contributed by atoms with E-state index in [1.165, 1.54) is 22.6 Å². The summed E-state index contributed by atoms with van der Waals surface area (Å²) < 4.78 is 8.72. The van der Waals surface area contributed by atoms with E-state index in [4.69, 9.17) is 24.4 Å². The number of fused-ring (bicyclic) bond motifs is 6. The van der Waals surface area contributed by atoms with E-state index in [1.54, 1.807) is 0 Å². The molecule has 0 aliphatic rings. The number of benzene rings is 6. The van der Waals surface area contributed by atoms with Crippen molar-refractivity contribution >= 4 is 43.9 Å². The molecule has 4 aromatic heterocycles. The molecular formula is C43H26N6O. The Morgan fingerprint density at radius 1 is 0.440 bits per heavy atom. The number of nitrogens with zero attached hydrogens (tertiary/aromatic N) is 6. The molecule has 0 bridgehead atoms. The Morgan fingerprint density at radius 3 is 1.78 bits per heavy atom. The molecule has 50 heavy (non-hydrogen) atoms. The van der Waals surface area contributed by atoms with Crippen LogP contribution >= 0.6 is 0 Å². The van der Waals surface area contributed by atoms with Crippen molar-refractivity contribution < 1.29 is 4.42 Å². The molecule has 0 amide bonds. The van der Waals surface area contributed by atoms with Crippen LogP contribution in [0, 0.1) is 0 Å². The molecule has 0 saturated heterocycles. The van der Waals surface area contributed by atoms with Crippen molar-refractivity contribution in [2.75, 3.05) is 0 Å². The van der Waals surface area contributed by atoms with Gasteiger partial charge in [0.2, 0.25) is 5.71 Å². The van der Waals surface area contributed by atoms with Crippen molar-refractivity contribution in [3.63, 3.8) is 0 Å². The fourth-order valence-corrected chi connectivity index (χ4v) is 6.88. The number of aromatic nitrogens is 6. The summed E-state index contributed by atoms with van der Waals surface area (Å²) in [4.78, 5) is 23.9. The van der Waals surface area contributed by atoms with Gasteiger partial charge in [0.15, 0.2) is 17.5 Å². The monoisotopic (exact) mass is 642 g/mol. The Bertz CT molecular complexity index is 2810. The lowest BCUT2D eigenvalue weighted by Gasteiger charge is -2.08. The van der Waals surface area contributed by atoms with Crippen LogP contribution in [0.4, 0.5) is 0 Å². The first-order valence-corrected chi connectivity index (χ1v) is 16.4. The topological polar surface area (TPSA) is 82.5 Å². The molecule has 4 heterocycles. The van der Waals surface area contributed by atoms with E-state index >= 15 is 0 Å². The van der Waals surface area contributed by atoms with E-state index < -0.39 is 0 Å². The molecule has 0 unspecified atom stereocenters. The second-order valence-corrected chi connectivity index (χ2v) is 12.2. The van der Waals surface area contributed by atoms with Gasteiger partial charge in [0.1, 0.15) is 17.6 Å². The van der Waals surface area contributed by atoms with Crippen LogP contribution in [0.25, 0.3) is 95.0 Å². The Kier molecular flexibility index (Phi) is 6.35. The molecule has 7 heteroatoms. The summed E-state index contributed by atoms with van der Waals surface area (Å²) in [6.45, 7) is 0. The van der Waals surface area contributed by atoms with Crippen LogP contribution in [-0.2, 0) is 0 Å². The fraction of sp³-hybridized carbons (Fsp3) is 0. The number of rotatable bonds is 5. The highest BCUT2D eigenvalue weighted by atomic mass is 16.3. The Labute approximate surface area is 286 Å². The summed E-state index contributed by atoms with van der Waals surface area (Å²) >= 11 is 0. The first kappa shape index (κ1) is 28.1. The molecule has 6 aromatic carbocycles. The predicted molar refractivity (Wildman–Crippen MR) is 199 cm³/mol. The van der Waals surface area contributed by atoms with Gasteiger partial charge in [-0.25, -0.2) is 24.9 Å². The van der Waals surface area contributed by atoms with Crippen LogP contribution in [0.1, 0.15) is 0 Å². The lowest BCUT2D eigenvalue weighted by Crippen LogP contribution is -2.01. The van der Waals surface area contributed by atoms with Gasteiger partial charge in [-0.05, 0) is 53.6 Å². The molecule has 0 saturated carbocycles. The maximum Gasteiger partial charge on any atom is 0.231 e. The van der Waals surface area contributed by atoms with Gasteiger partial charge in [-0.2, -0.15) is 0 Å². The second kappa shape index (κ2) is 11.3. The zero-order chi connectivity index (χ0) is 33.0. The Balaban J connectivity index is 1.12. The summed E-state index contributed by atoms with van der Waals surface area (Å²) in [5, 5.41) is 4.06. The first-order chi connectivity index (χ1) is 24.8. The quantitative estimate of drug-likeness (QED) is 0.186. The average molecular weight is 643 g/mol. The summed E-state index contributed by atoms with van der Waals surface area (Å²) in [5.41, 5.74) is 9.18. The SMILES string of the molecule is c1ccc(-c2nc(-c3ccccc3)nc(-c3ncnc4oc5cc(-c6ccc7c(c6)c6ccccc6n7-c6ccccc6)ccc5c34)n2)cc1. The van der Waals surface area contributed by atoms with Gasteiger partial charge < -0.3 is 8.98 Å². The molecule has 0 fully saturated rings. The third-order valence-corrected chi connectivity index (χ3v) is 9.20. The molecule has 0 aliphatic heterocycles. The van der Waals surface area contributed by atoms with Gasteiger partial charge >= 0.3 is 0 Å². The number of hydrogen-bond acceptors (Lipinski definition) is 6. The molecule has 234 valence electrons. The van der Waals surface area contributed by atoms with Crippen molar-refractivity contribution in [3.05, 3.63) is 158 Å². The van der Waals surface area contributed by atoms with Gasteiger partial charge in [-0.15, -0.1) is 0 Å². The summed E-state index contributed by atoms with van der Waals surface area (Å²) in [5.74, 6) is 1.60. The normalized spacial score (nSPS) is 11.6. The predicted octanol–water partition coefficient (Wildman–Crippen LogP) is 10.3. The molecule has 0 atom stereocenters. The first-order valence-electron chi connectivity index (χ1n) is 16.4. The molecule has 0 N–H and O–H groups in total. The Hall–Kier alpha value is -6.99. The highest BCUT2D eigenvalue weighted by molar-refractivity contribution is 6.12. The minimum atomic E-state index is 0.456. The largest absolute Gasteiger partial charge is 0.438 e. The van der Waals surface area contributed by atoms with Crippen LogP contribution in [0.5, 0.6) is 0 Å². The maximum atomic E-state index is 6.40.